The Balaban J connectivity index is 3.06. The van der Waals surface area contributed by atoms with Gasteiger partial charge in [-0.15, -0.1) is 0 Å². The van der Waals surface area contributed by atoms with Crippen molar-refractivity contribution in [2.75, 3.05) is 0 Å². The summed E-state index contributed by atoms with van der Waals surface area (Å²) < 4.78 is 13.0. The molecule has 1 rings (SSSR count). The van der Waals surface area contributed by atoms with Crippen LogP contribution in [0.1, 0.15) is 11.6 Å². The SMILES string of the molecule is O=CNC(C(=O)O)c1ccc(F)c(Br)c1. The molecule has 0 aliphatic rings. The molecule has 2 N–H and O–H groups in total. The van der Waals surface area contributed by atoms with Crippen molar-refractivity contribution in [2.24, 2.45) is 0 Å². The van der Waals surface area contributed by atoms with Crippen molar-refractivity contribution in [1.29, 1.82) is 0 Å². The fraction of sp³-hybridized carbons (Fsp3) is 0.111. The van der Waals surface area contributed by atoms with Gasteiger partial charge in [-0.1, -0.05) is 6.07 Å². The fourth-order valence-electron chi connectivity index (χ4n) is 1.07. The minimum Gasteiger partial charge on any atom is -0.479 e. The second-order valence-electron chi connectivity index (χ2n) is 2.73. The maximum absolute atomic E-state index is 12.9. The second kappa shape index (κ2) is 4.88. The first-order valence-corrected chi connectivity index (χ1v) is 4.73. The topological polar surface area (TPSA) is 66.4 Å². The normalized spacial score (nSPS) is 11.9. The van der Waals surface area contributed by atoms with Gasteiger partial charge in [0.15, 0.2) is 6.04 Å². The van der Waals surface area contributed by atoms with Crippen LogP contribution in [0.5, 0.6) is 0 Å². The molecular formula is C9H7BrFNO3. The minimum absolute atomic E-state index is 0.152. The van der Waals surface area contributed by atoms with Crippen molar-refractivity contribution in [1.82, 2.24) is 5.32 Å². The first-order chi connectivity index (χ1) is 7.06. The van der Waals surface area contributed by atoms with E-state index in [2.05, 4.69) is 21.2 Å². The van der Waals surface area contributed by atoms with E-state index in [1.54, 1.807) is 0 Å². The largest absolute Gasteiger partial charge is 0.479 e. The van der Waals surface area contributed by atoms with E-state index < -0.39 is 17.8 Å². The summed E-state index contributed by atoms with van der Waals surface area (Å²) in [4.78, 5) is 20.9. The van der Waals surface area contributed by atoms with Crippen LogP contribution in [0.2, 0.25) is 0 Å². The fourth-order valence-corrected chi connectivity index (χ4v) is 1.47. The number of rotatable bonds is 4. The lowest BCUT2D eigenvalue weighted by molar-refractivity contribution is -0.140. The van der Waals surface area contributed by atoms with Gasteiger partial charge in [-0.3, -0.25) is 4.79 Å². The molecule has 0 aromatic heterocycles. The van der Waals surface area contributed by atoms with Gasteiger partial charge < -0.3 is 10.4 Å². The number of hydrogen-bond acceptors (Lipinski definition) is 2. The highest BCUT2D eigenvalue weighted by Gasteiger charge is 2.19. The minimum atomic E-state index is -1.21. The summed E-state index contributed by atoms with van der Waals surface area (Å²) >= 11 is 2.93. The molecule has 0 radical (unpaired) electrons. The third kappa shape index (κ3) is 2.76. The summed E-state index contributed by atoms with van der Waals surface area (Å²) in [6.07, 6.45) is 0.288. The number of amides is 1. The van der Waals surface area contributed by atoms with Gasteiger partial charge in [0, 0.05) is 0 Å². The predicted octanol–water partition coefficient (Wildman–Crippen LogP) is 1.46. The summed E-state index contributed by atoms with van der Waals surface area (Å²) in [7, 11) is 0. The number of nitrogens with one attached hydrogen (secondary N) is 1. The van der Waals surface area contributed by atoms with Crippen LogP contribution >= 0.6 is 15.9 Å². The van der Waals surface area contributed by atoms with Crippen LogP contribution in [0.25, 0.3) is 0 Å². The van der Waals surface area contributed by atoms with Crippen LogP contribution in [0.3, 0.4) is 0 Å². The summed E-state index contributed by atoms with van der Waals surface area (Å²) in [5, 5.41) is 10.9. The highest BCUT2D eigenvalue weighted by atomic mass is 79.9. The van der Waals surface area contributed by atoms with Crippen LogP contribution in [0.15, 0.2) is 22.7 Å². The van der Waals surface area contributed by atoms with Crippen molar-refractivity contribution < 1.29 is 19.1 Å². The summed E-state index contributed by atoms with van der Waals surface area (Å²) in [5.41, 5.74) is 0.294. The average molecular weight is 276 g/mol. The molecular weight excluding hydrogens is 269 g/mol. The molecule has 15 heavy (non-hydrogen) atoms. The Morgan fingerprint density at radius 1 is 1.60 bits per heavy atom. The summed E-state index contributed by atoms with van der Waals surface area (Å²) in [5.74, 6) is -1.70. The molecule has 1 unspecified atom stereocenters. The quantitative estimate of drug-likeness (QED) is 0.818. The zero-order valence-corrected chi connectivity index (χ0v) is 8.99. The van der Waals surface area contributed by atoms with Gasteiger partial charge in [-0.25, -0.2) is 9.18 Å². The molecule has 0 bridgehead atoms. The van der Waals surface area contributed by atoms with Crippen molar-refractivity contribution in [3.8, 4) is 0 Å². The molecule has 80 valence electrons. The number of benzene rings is 1. The highest BCUT2D eigenvalue weighted by molar-refractivity contribution is 9.10. The van der Waals surface area contributed by atoms with E-state index in [-0.39, 0.29) is 10.9 Å². The molecule has 0 spiro atoms. The van der Waals surface area contributed by atoms with Crippen molar-refractivity contribution >= 4 is 28.3 Å². The smallest absolute Gasteiger partial charge is 0.330 e. The van der Waals surface area contributed by atoms with Gasteiger partial charge in [0.2, 0.25) is 6.41 Å². The van der Waals surface area contributed by atoms with E-state index in [0.29, 0.717) is 5.56 Å². The lowest BCUT2D eigenvalue weighted by atomic mass is 10.1. The lowest BCUT2D eigenvalue weighted by Gasteiger charge is -2.11. The van der Waals surface area contributed by atoms with Crippen molar-refractivity contribution in [3.05, 3.63) is 34.1 Å². The Hall–Kier alpha value is -1.43. The van der Waals surface area contributed by atoms with E-state index in [1.807, 2.05) is 0 Å². The Morgan fingerprint density at radius 2 is 2.27 bits per heavy atom. The highest BCUT2D eigenvalue weighted by Crippen LogP contribution is 2.21. The van der Waals surface area contributed by atoms with E-state index in [0.717, 1.165) is 6.07 Å². The first kappa shape index (κ1) is 11.6. The number of carbonyl (C=O) groups excluding carboxylic acids is 1. The van der Waals surface area contributed by atoms with Crippen LogP contribution in [-0.4, -0.2) is 17.5 Å². The van der Waals surface area contributed by atoms with Gasteiger partial charge in [0.25, 0.3) is 0 Å². The van der Waals surface area contributed by atoms with E-state index >= 15 is 0 Å². The van der Waals surface area contributed by atoms with Gasteiger partial charge in [-0.05, 0) is 33.6 Å². The summed E-state index contributed by atoms with van der Waals surface area (Å²) in [6.45, 7) is 0. The van der Waals surface area contributed by atoms with Gasteiger partial charge in [0.1, 0.15) is 5.82 Å². The van der Waals surface area contributed by atoms with Crippen LogP contribution < -0.4 is 5.32 Å². The molecule has 1 amide bonds. The third-order valence-electron chi connectivity index (χ3n) is 1.76. The molecule has 0 aliphatic heterocycles. The molecule has 0 heterocycles. The Labute approximate surface area is 93.2 Å². The molecule has 1 aromatic carbocycles. The number of carboxylic acids is 1. The van der Waals surface area contributed by atoms with Crippen LogP contribution in [0, 0.1) is 5.82 Å². The standard InChI is InChI=1S/C9H7BrFNO3/c10-6-3-5(1-2-7(6)11)8(9(14)15)12-4-13/h1-4,8H,(H,12,13)(H,14,15). The molecule has 0 fully saturated rings. The second-order valence-corrected chi connectivity index (χ2v) is 3.58. The Kier molecular flexibility index (Phi) is 3.79. The van der Waals surface area contributed by atoms with Crippen molar-refractivity contribution in [2.45, 2.75) is 6.04 Å². The number of carbonyl (C=O) groups is 2. The van der Waals surface area contributed by atoms with E-state index in [9.17, 15) is 14.0 Å². The number of aliphatic carboxylic acids is 1. The van der Waals surface area contributed by atoms with E-state index in [1.165, 1.54) is 12.1 Å². The zero-order valence-electron chi connectivity index (χ0n) is 7.41. The monoisotopic (exact) mass is 275 g/mol. The predicted molar refractivity (Wildman–Crippen MR) is 53.7 cm³/mol. The summed E-state index contributed by atoms with van der Waals surface area (Å²) in [6, 6.07) is 2.57. The number of carboxylic acid groups (broad SMARTS) is 1. The van der Waals surface area contributed by atoms with Crippen LogP contribution in [0.4, 0.5) is 4.39 Å². The molecule has 0 saturated heterocycles. The number of hydrogen-bond donors (Lipinski definition) is 2. The molecule has 4 nitrogen and oxygen atoms in total. The molecule has 0 aliphatic carbocycles. The van der Waals surface area contributed by atoms with Crippen LogP contribution in [-0.2, 0) is 9.59 Å². The third-order valence-corrected chi connectivity index (χ3v) is 2.37. The van der Waals surface area contributed by atoms with Gasteiger partial charge >= 0.3 is 5.97 Å². The zero-order chi connectivity index (χ0) is 11.4. The number of halogens is 2. The maximum atomic E-state index is 12.9. The Bertz CT molecular complexity index is 397. The maximum Gasteiger partial charge on any atom is 0.330 e. The first-order valence-electron chi connectivity index (χ1n) is 3.93. The molecule has 0 saturated carbocycles. The Morgan fingerprint density at radius 3 is 2.73 bits per heavy atom. The molecule has 1 atom stereocenters. The molecule has 1 aromatic rings. The van der Waals surface area contributed by atoms with Gasteiger partial charge in [-0.2, -0.15) is 0 Å². The van der Waals surface area contributed by atoms with Gasteiger partial charge in [0.05, 0.1) is 4.47 Å². The average Bonchev–Trinajstić information content (AvgIpc) is 2.18. The molecule has 6 heteroatoms. The van der Waals surface area contributed by atoms with Crippen molar-refractivity contribution in [3.63, 3.8) is 0 Å². The van der Waals surface area contributed by atoms with E-state index in [4.69, 9.17) is 5.11 Å². The lowest BCUT2D eigenvalue weighted by Crippen LogP contribution is -2.27.